The third-order valence-corrected chi connectivity index (χ3v) is 7.08. The van der Waals surface area contributed by atoms with Crippen LogP contribution in [0.25, 0.3) is 0 Å². The molecule has 1 atom stereocenters. The van der Waals surface area contributed by atoms with Gasteiger partial charge in [-0.15, -0.1) is 11.3 Å². The maximum absolute atomic E-state index is 13.3. The molecule has 1 unspecified atom stereocenters. The first-order valence-corrected chi connectivity index (χ1v) is 11.3. The van der Waals surface area contributed by atoms with Gasteiger partial charge in [-0.1, -0.05) is 36.4 Å². The fraction of sp³-hybridized carbons (Fsp3) is 0.280. The Morgan fingerprint density at radius 1 is 1.03 bits per heavy atom. The van der Waals surface area contributed by atoms with Gasteiger partial charge in [0.15, 0.2) is 11.4 Å². The molecule has 4 nitrogen and oxygen atoms in total. The maximum Gasteiger partial charge on any atom is 0.264 e. The number of fused-ring (bicyclic) bond motifs is 2. The molecule has 2 aliphatic rings. The van der Waals surface area contributed by atoms with Gasteiger partial charge in [0.25, 0.3) is 5.91 Å². The molecule has 3 aromatic rings. The third kappa shape index (κ3) is 3.18. The molecule has 0 saturated heterocycles. The molecule has 1 N–H and O–H groups in total. The van der Waals surface area contributed by atoms with Crippen molar-refractivity contribution < 1.29 is 14.7 Å². The number of anilines is 1. The predicted octanol–water partition coefficient (Wildman–Crippen LogP) is 4.63. The van der Waals surface area contributed by atoms with Crippen molar-refractivity contribution in [3.8, 4) is 0 Å². The van der Waals surface area contributed by atoms with Gasteiger partial charge < -0.3 is 10.0 Å². The van der Waals surface area contributed by atoms with Crippen LogP contribution < -0.4 is 4.90 Å². The van der Waals surface area contributed by atoms with Crippen molar-refractivity contribution >= 4 is 28.7 Å². The van der Waals surface area contributed by atoms with Crippen LogP contribution in [0.15, 0.2) is 60.0 Å². The molecule has 1 aliphatic carbocycles. The summed E-state index contributed by atoms with van der Waals surface area (Å²) < 4.78 is 0. The molecular weight excluding hydrogens is 394 g/mol. The van der Waals surface area contributed by atoms with E-state index in [1.165, 1.54) is 17.5 Å². The van der Waals surface area contributed by atoms with Crippen molar-refractivity contribution in [3.63, 3.8) is 0 Å². The number of amides is 1. The number of carbonyl (C=O) groups is 2. The van der Waals surface area contributed by atoms with E-state index in [0.29, 0.717) is 23.4 Å². The van der Waals surface area contributed by atoms with Crippen molar-refractivity contribution in [3.05, 3.63) is 87.1 Å². The second kappa shape index (κ2) is 7.49. The zero-order valence-electron chi connectivity index (χ0n) is 16.6. The third-order valence-electron chi connectivity index (χ3n) is 6.22. The summed E-state index contributed by atoms with van der Waals surface area (Å²) in [7, 11) is 0. The maximum atomic E-state index is 13.3. The fourth-order valence-electron chi connectivity index (χ4n) is 4.63. The lowest BCUT2D eigenvalue weighted by molar-refractivity contribution is -0.136. The summed E-state index contributed by atoms with van der Waals surface area (Å²) in [6.07, 6.45) is 4.11. The number of para-hydroxylation sites is 1. The number of rotatable bonds is 5. The molecule has 0 bridgehead atoms. The van der Waals surface area contributed by atoms with Crippen molar-refractivity contribution in [2.24, 2.45) is 0 Å². The minimum absolute atomic E-state index is 0.202. The van der Waals surface area contributed by atoms with Crippen LogP contribution in [0.3, 0.4) is 0 Å². The molecule has 0 saturated carbocycles. The van der Waals surface area contributed by atoms with Crippen LogP contribution >= 0.6 is 11.3 Å². The second-order valence-electron chi connectivity index (χ2n) is 8.14. The molecule has 5 heteroatoms. The average Bonchev–Trinajstić information content (AvgIpc) is 3.36. The Labute approximate surface area is 179 Å². The molecule has 1 aromatic heterocycles. The summed E-state index contributed by atoms with van der Waals surface area (Å²) in [5, 5.41) is 13.4. The second-order valence-corrected chi connectivity index (χ2v) is 9.17. The van der Waals surface area contributed by atoms with Gasteiger partial charge in [-0.3, -0.25) is 9.59 Å². The van der Waals surface area contributed by atoms with Gasteiger partial charge in [0, 0.05) is 16.0 Å². The molecule has 0 fully saturated rings. The Morgan fingerprint density at radius 2 is 1.83 bits per heavy atom. The minimum atomic E-state index is -1.83. The van der Waals surface area contributed by atoms with Gasteiger partial charge >= 0.3 is 0 Å². The summed E-state index contributed by atoms with van der Waals surface area (Å²) in [5.41, 5.74) is 2.46. The zero-order chi connectivity index (χ0) is 20.7. The van der Waals surface area contributed by atoms with Crippen molar-refractivity contribution in [2.75, 3.05) is 4.90 Å². The highest BCUT2D eigenvalue weighted by atomic mass is 32.1. The lowest BCUT2D eigenvalue weighted by Crippen LogP contribution is -2.41. The van der Waals surface area contributed by atoms with E-state index in [9.17, 15) is 14.7 Å². The lowest BCUT2D eigenvalue weighted by Gasteiger charge is -2.23. The lowest BCUT2D eigenvalue weighted by atomic mass is 9.85. The number of nitrogens with zero attached hydrogens (tertiary/aromatic N) is 1. The quantitative estimate of drug-likeness (QED) is 0.616. The first-order chi connectivity index (χ1) is 14.6. The number of carbonyl (C=O) groups excluding carboxylic acids is 2. The molecule has 30 heavy (non-hydrogen) atoms. The number of aliphatic hydroxyl groups is 1. The van der Waals surface area contributed by atoms with Crippen LogP contribution in [-0.2, 0) is 29.8 Å². The van der Waals surface area contributed by atoms with Gasteiger partial charge in [0.05, 0.1) is 18.7 Å². The highest BCUT2D eigenvalue weighted by Gasteiger charge is 2.50. The van der Waals surface area contributed by atoms with Crippen LogP contribution in [-0.4, -0.2) is 16.8 Å². The Bertz CT molecular complexity index is 1120. The first kappa shape index (κ1) is 19.2. The number of thiophene rings is 1. The predicted molar refractivity (Wildman–Crippen MR) is 118 cm³/mol. The minimum Gasteiger partial charge on any atom is -0.375 e. The molecule has 2 heterocycles. The van der Waals surface area contributed by atoms with Crippen molar-refractivity contribution in [2.45, 2.75) is 44.2 Å². The molecule has 1 amide bonds. The van der Waals surface area contributed by atoms with Crippen LogP contribution in [0.2, 0.25) is 0 Å². The molecular formula is C25H23NO3S. The van der Waals surface area contributed by atoms with Crippen LogP contribution in [0.5, 0.6) is 0 Å². The fourth-order valence-corrected chi connectivity index (χ4v) is 5.33. The number of benzene rings is 2. The number of ketones is 1. The standard InChI is InChI=1S/C25H23NO3S/c27-23(19-12-11-17-6-1-2-7-18(17)14-19)15-25(29)21-9-3-4-10-22(21)26(24(25)28)16-20-8-5-13-30-20/h3-5,8-14,29H,1-2,6-7,15-16H2. The Hall–Kier alpha value is -2.76. The molecule has 0 radical (unpaired) electrons. The Kier molecular flexibility index (Phi) is 4.80. The molecule has 0 spiro atoms. The summed E-state index contributed by atoms with van der Waals surface area (Å²) in [6, 6.07) is 17.0. The highest BCUT2D eigenvalue weighted by molar-refractivity contribution is 7.09. The molecule has 1 aliphatic heterocycles. The van der Waals surface area contributed by atoms with E-state index in [1.807, 2.05) is 47.8 Å². The van der Waals surface area contributed by atoms with Gasteiger partial charge in [0.2, 0.25) is 0 Å². The van der Waals surface area contributed by atoms with Crippen LogP contribution in [0.4, 0.5) is 5.69 Å². The van der Waals surface area contributed by atoms with Crippen LogP contribution in [0.1, 0.15) is 51.2 Å². The largest absolute Gasteiger partial charge is 0.375 e. The van der Waals surface area contributed by atoms with Gasteiger partial charge in [-0.2, -0.15) is 0 Å². The van der Waals surface area contributed by atoms with Gasteiger partial charge in [-0.05, 0) is 60.4 Å². The zero-order valence-corrected chi connectivity index (χ0v) is 17.5. The summed E-state index contributed by atoms with van der Waals surface area (Å²) in [6.45, 7) is 0.392. The SMILES string of the molecule is O=C(CC1(O)C(=O)N(Cc2cccs2)c2ccccc21)c1ccc2c(c1)CCCC2. The number of Topliss-reactive ketones (excluding diaryl/α,β-unsaturated/α-hetero) is 1. The van der Waals surface area contributed by atoms with Crippen molar-refractivity contribution in [1.82, 2.24) is 0 Å². The van der Waals surface area contributed by atoms with E-state index in [-0.39, 0.29) is 12.2 Å². The van der Waals surface area contributed by atoms with E-state index in [1.54, 1.807) is 28.4 Å². The number of hydrogen-bond acceptors (Lipinski definition) is 4. The van der Waals surface area contributed by atoms with E-state index >= 15 is 0 Å². The molecule has 5 rings (SSSR count). The first-order valence-electron chi connectivity index (χ1n) is 10.4. The van der Waals surface area contributed by atoms with Crippen LogP contribution in [0, 0.1) is 0 Å². The monoisotopic (exact) mass is 417 g/mol. The number of aryl methyl sites for hydroxylation is 2. The molecule has 2 aromatic carbocycles. The molecule has 152 valence electrons. The van der Waals surface area contributed by atoms with E-state index in [2.05, 4.69) is 0 Å². The number of hydrogen-bond donors (Lipinski definition) is 1. The van der Waals surface area contributed by atoms with Gasteiger partial charge in [-0.25, -0.2) is 0 Å². The Morgan fingerprint density at radius 3 is 2.63 bits per heavy atom. The van der Waals surface area contributed by atoms with E-state index in [4.69, 9.17) is 0 Å². The smallest absolute Gasteiger partial charge is 0.264 e. The summed E-state index contributed by atoms with van der Waals surface area (Å²) >= 11 is 1.57. The highest BCUT2D eigenvalue weighted by Crippen LogP contribution is 2.43. The normalized spacial score (nSPS) is 20.2. The van der Waals surface area contributed by atoms with E-state index < -0.39 is 11.5 Å². The average molecular weight is 418 g/mol. The summed E-state index contributed by atoms with van der Waals surface area (Å²) in [4.78, 5) is 29.1. The topological polar surface area (TPSA) is 57.6 Å². The Balaban J connectivity index is 1.46. The van der Waals surface area contributed by atoms with E-state index in [0.717, 1.165) is 24.1 Å². The van der Waals surface area contributed by atoms with Gasteiger partial charge in [0.1, 0.15) is 0 Å². The van der Waals surface area contributed by atoms with Crippen molar-refractivity contribution in [1.29, 1.82) is 0 Å². The summed E-state index contributed by atoms with van der Waals surface area (Å²) in [5.74, 6) is -0.629.